The maximum atomic E-state index is 12.9. The third kappa shape index (κ3) is 68.5. The molecule has 0 heterocycles. The fourth-order valence-corrected chi connectivity index (χ4v) is 9.74. The van der Waals surface area contributed by atoms with Crippen LogP contribution in [0.15, 0.2) is 122 Å². The second-order valence-corrected chi connectivity index (χ2v) is 23.0. The lowest BCUT2D eigenvalue weighted by molar-refractivity contribution is -0.167. The highest BCUT2D eigenvalue weighted by molar-refractivity contribution is 5.71. The molecule has 0 aliphatic carbocycles. The standard InChI is InChI=1S/C77H130O6/c1-4-7-10-13-16-19-22-24-26-28-30-32-33-34-35-36-37-38-39-40-41-42-43-45-46-48-50-52-55-58-61-64-67-70-76(79)82-73-74(72-81-75(78)69-66-63-60-57-54-21-18-15-12-9-6-3)83-77(80)71-68-65-62-59-56-53-51-49-47-44-31-29-27-25-23-20-17-14-11-8-5-2/h7-8,10-11,15-20,24-27,30-32,34-35,44,74H,4-6,9,12-14,21-23,28-29,33,36-43,45-73H2,1-3H3/b10-7-,11-8-,18-15-,19-16-,20-17-,26-24-,27-25-,32-30-,35-34-,44-31-. The van der Waals surface area contributed by atoms with Crippen molar-refractivity contribution in [3.63, 3.8) is 0 Å². The summed E-state index contributed by atoms with van der Waals surface area (Å²) in [5.41, 5.74) is 0. The van der Waals surface area contributed by atoms with Crippen molar-refractivity contribution >= 4 is 17.9 Å². The van der Waals surface area contributed by atoms with E-state index in [4.69, 9.17) is 14.2 Å². The van der Waals surface area contributed by atoms with E-state index in [1.165, 1.54) is 161 Å². The summed E-state index contributed by atoms with van der Waals surface area (Å²) in [7, 11) is 0. The second-order valence-electron chi connectivity index (χ2n) is 23.0. The van der Waals surface area contributed by atoms with Crippen LogP contribution < -0.4 is 0 Å². The van der Waals surface area contributed by atoms with Crippen LogP contribution in [0.5, 0.6) is 0 Å². The van der Waals surface area contributed by atoms with Gasteiger partial charge in [0.25, 0.3) is 0 Å². The summed E-state index contributed by atoms with van der Waals surface area (Å²) in [5.74, 6) is -0.891. The first-order chi connectivity index (χ1) is 41.0. The molecule has 0 saturated heterocycles. The molecule has 0 amide bonds. The molecule has 0 fully saturated rings. The maximum Gasteiger partial charge on any atom is 0.306 e. The monoisotopic (exact) mass is 1150 g/mol. The van der Waals surface area contributed by atoms with E-state index in [9.17, 15) is 14.4 Å². The van der Waals surface area contributed by atoms with Gasteiger partial charge in [-0.2, -0.15) is 0 Å². The predicted molar refractivity (Wildman–Crippen MR) is 362 cm³/mol. The molecule has 1 atom stereocenters. The molecule has 0 bridgehead atoms. The molecule has 0 saturated carbocycles. The van der Waals surface area contributed by atoms with Gasteiger partial charge in [-0.25, -0.2) is 0 Å². The first-order valence-corrected chi connectivity index (χ1v) is 35.0. The van der Waals surface area contributed by atoms with Gasteiger partial charge in [0, 0.05) is 19.3 Å². The minimum Gasteiger partial charge on any atom is -0.462 e. The zero-order valence-corrected chi connectivity index (χ0v) is 54.4. The zero-order valence-electron chi connectivity index (χ0n) is 54.4. The first-order valence-electron chi connectivity index (χ1n) is 35.0. The summed E-state index contributed by atoms with van der Waals surface area (Å²) in [6.45, 7) is 6.39. The smallest absolute Gasteiger partial charge is 0.306 e. The largest absolute Gasteiger partial charge is 0.462 e. The summed E-state index contributed by atoms with van der Waals surface area (Å²) in [6, 6.07) is 0. The van der Waals surface area contributed by atoms with Crippen LogP contribution in [-0.2, 0) is 28.6 Å². The number of allylic oxidation sites excluding steroid dienone is 20. The zero-order chi connectivity index (χ0) is 59.9. The Morgan fingerprint density at radius 3 is 0.747 bits per heavy atom. The van der Waals surface area contributed by atoms with E-state index in [0.717, 1.165) is 128 Å². The first kappa shape index (κ1) is 78.8. The van der Waals surface area contributed by atoms with Crippen LogP contribution in [-0.4, -0.2) is 37.2 Å². The normalized spacial score (nSPS) is 12.9. The van der Waals surface area contributed by atoms with E-state index in [0.29, 0.717) is 19.3 Å². The Labute approximate surface area is 513 Å². The molecule has 0 aliphatic heterocycles. The molecule has 0 aliphatic rings. The Hall–Kier alpha value is -4.19. The van der Waals surface area contributed by atoms with Gasteiger partial charge in [-0.15, -0.1) is 0 Å². The fourth-order valence-electron chi connectivity index (χ4n) is 9.74. The molecule has 6 heteroatoms. The minimum absolute atomic E-state index is 0.0828. The van der Waals surface area contributed by atoms with Gasteiger partial charge in [0.05, 0.1) is 0 Å². The fraction of sp³-hybridized carbons (Fsp3) is 0.701. The van der Waals surface area contributed by atoms with Crippen molar-refractivity contribution in [3.05, 3.63) is 122 Å². The highest BCUT2D eigenvalue weighted by atomic mass is 16.6. The van der Waals surface area contributed by atoms with Crippen LogP contribution in [0.4, 0.5) is 0 Å². The van der Waals surface area contributed by atoms with Gasteiger partial charge < -0.3 is 14.2 Å². The van der Waals surface area contributed by atoms with Crippen LogP contribution in [0.3, 0.4) is 0 Å². The second kappa shape index (κ2) is 70.3. The Balaban J connectivity index is 4.18. The third-order valence-corrected chi connectivity index (χ3v) is 14.9. The summed E-state index contributed by atoms with van der Waals surface area (Å²) >= 11 is 0. The van der Waals surface area contributed by atoms with Crippen LogP contribution in [0.25, 0.3) is 0 Å². The highest BCUT2D eigenvalue weighted by Gasteiger charge is 2.19. The van der Waals surface area contributed by atoms with Crippen LogP contribution in [0.1, 0.15) is 329 Å². The molecule has 0 spiro atoms. The van der Waals surface area contributed by atoms with Crippen LogP contribution in [0.2, 0.25) is 0 Å². The molecule has 83 heavy (non-hydrogen) atoms. The molecule has 1 unspecified atom stereocenters. The van der Waals surface area contributed by atoms with Gasteiger partial charge in [0.2, 0.25) is 0 Å². The van der Waals surface area contributed by atoms with E-state index in [-0.39, 0.29) is 31.1 Å². The van der Waals surface area contributed by atoms with Gasteiger partial charge in [-0.3, -0.25) is 14.4 Å². The average Bonchev–Trinajstić information content (AvgIpc) is 3.48. The Bertz CT molecular complexity index is 1700. The van der Waals surface area contributed by atoms with Gasteiger partial charge in [0.1, 0.15) is 13.2 Å². The number of hydrogen-bond donors (Lipinski definition) is 0. The number of hydrogen-bond acceptors (Lipinski definition) is 6. The summed E-state index contributed by atoms with van der Waals surface area (Å²) in [4.78, 5) is 38.4. The average molecular weight is 1150 g/mol. The Morgan fingerprint density at radius 1 is 0.253 bits per heavy atom. The van der Waals surface area contributed by atoms with Crippen molar-refractivity contribution in [1.82, 2.24) is 0 Å². The van der Waals surface area contributed by atoms with Crippen molar-refractivity contribution in [2.45, 2.75) is 335 Å². The summed E-state index contributed by atoms with van der Waals surface area (Å²) in [6.07, 6.45) is 98.0. The minimum atomic E-state index is -0.788. The quantitative estimate of drug-likeness (QED) is 0.0261. The third-order valence-electron chi connectivity index (χ3n) is 14.9. The number of carbonyl (C=O) groups is 3. The Kier molecular flexibility index (Phi) is 66.7. The molecule has 0 aromatic carbocycles. The number of carbonyl (C=O) groups excluding carboxylic acids is 3. The van der Waals surface area contributed by atoms with E-state index >= 15 is 0 Å². The molecular formula is C77H130O6. The maximum absolute atomic E-state index is 12.9. The van der Waals surface area contributed by atoms with E-state index in [2.05, 4.69) is 142 Å². The molecule has 6 nitrogen and oxygen atoms in total. The van der Waals surface area contributed by atoms with Crippen molar-refractivity contribution < 1.29 is 28.6 Å². The lowest BCUT2D eigenvalue weighted by atomic mass is 10.0. The van der Waals surface area contributed by atoms with Gasteiger partial charge in [0.15, 0.2) is 6.10 Å². The number of unbranched alkanes of at least 4 members (excludes halogenated alkanes) is 32. The van der Waals surface area contributed by atoms with E-state index in [1.807, 2.05) is 0 Å². The van der Waals surface area contributed by atoms with E-state index < -0.39 is 6.10 Å². The molecular weight excluding hydrogens is 1020 g/mol. The molecule has 0 radical (unpaired) electrons. The van der Waals surface area contributed by atoms with Crippen molar-refractivity contribution in [2.24, 2.45) is 0 Å². The summed E-state index contributed by atoms with van der Waals surface area (Å²) in [5, 5.41) is 0. The van der Waals surface area contributed by atoms with Gasteiger partial charge in [-0.1, -0.05) is 309 Å². The molecule has 0 rings (SSSR count). The number of esters is 3. The van der Waals surface area contributed by atoms with E-state index in [1.54, 1.807) is 0 Å². The van der Waals surface area contributed by atoms with Gasteiger partial charge in [-0.05, 0) is 122 Å². The number of rotatable bonds is 63. The highest BCUT2D eigenvalue weighted by Crippen LogP contribution is 2.17. The summed E-state index contributed by atoms with van der Waals surface area (Å²) < 4.78 is 16.9. The topological polar surface area (TPSA) is 78.9 Å². The van der Waals surface area contributed by atoms with Crippen LogP contribution in [0, 0.1) is 0 Å². The Morgan fingerprint density at radius 2 is 0.470 bits per heavy atom. The molecule has 0 N–H and O–H groups in total. The number of ether oxygens (including phenoxy) is 3. The molecule has 0 aromatic heterocycles. The van der Waals surface area contributed by atoms with Crippen molar-refractivity contribution in [2.75, 3.05) is 13.2 Å². The van der Waals surface area contributed by atoms with Crippen molar-refractivity contribution in [1.29, 1.82) is 0 Å². The van der Waals surface area contributed by atoms with Crippen LogP contribution >= 0.6 is 0 Å². The van der Waals surface area contributed by atoms with Crippen molar-refractivity contribution in [3.8, 4) is 0 Å². The molecule has 0 aromatic rings. The molecule has 474 valence electrons. The lowest BCUT2D eigenvalue weighted by Crippen LogP contribution is -2.30. The van der Waals surface area contributed by atoms with Gasteiger partial charge >= 0.3 is 17.9 Å². The SMILES string of the molecule is CC/C=C\C/C=C\C/C=C\C/C=C\C/C=C\CCCCCCCCCCCCCCCCCCCC(=O)OCC(COC(=O)CCCCCCC/C=C\CCCC)OC(=O)CCCCCCCCCC/C=C\C/C=C\C/C=C\C/C=C\CC. The lowest BCUT2D eigenvalue weighted by Gasteiger charge is -2.18. The predicted octanol–water partition coefficient (Wildman–Crippen LogP) is 24.3.